The topological polar surface area (TPSA) is 66.0 Å². The van der Waals surface area contributed by atoms with Crippen LogP contribution in [0.4, 0.5) is 0 Å². The van der Waals surface area contributed by atoms with Crippen molar-refractivity contribution in [3.05, 3.63) is 30.3 Å². The number of methoxy groups -OCH3 is 1. The van der Waals surface area contributed by atoms with Crippen molar-refractivity contribution in [1.82, 2.24) is 15.5 Å². The number of nitrogens with one attached hydrogen (secondary N) is 2. The molecule has 0 aliphatic heterocycles. The predicted molar refractivity (Wildman–Crippen MR) is 108 cm³/mol. The number of amides is 1. The summed E-state index contributed by atoms with van der Waals surface area (Å²) < 4.78 is 5.33. The van der Waals surface area contributed by atoms with Crippen LogP contribution in [0.3, 0.4) is 0 Å². The van der Waals surface area contributed by atoms with Gasteiger partial charge in [-0.3, -0.25) is 4.79 Å². The van der Waals surface area contributed by atoms with Gasteiger partial charge in [0.2, 0.25) is 5.91 Å². The SMILES string of the molecule is COCC(NC(=NCC(=O)N(C)C)NCCSc1ccccc1)C1CC1. The second-order valence-electron chi connectivity index (χ2n) is 6.58. The van der Waals surface area contributed by atoms with Gasteiger partial charge in [-0.1, -0.05) is 18.2 Å². The number of benzene rings is 1. The van der Waals surface area contributed by atoms with Crippen molar-refractivity contribution in [3.63, 3.8) is 0 Å². The Morgan fingerprint density at radius 3 is 2.69 bits per heavy atom. The normalized spacial score (nSPS) is 15.4. The van der Waals surface area contributed by atoms with E-state index in [4.69, 9.17) is 4.74 Å². The Balaban J connectivity index is 1.86. The van der Waals surface area contributed by atoms with Gasteiger partial charge in [0.25, 0.3) is 0 Å². The molecule has 1 aliphatic rings. The highest BCUT2D eigenvalue weighted by Gasteiger charge is 2.31. The van der Waals surface area contributed by atoms with Gasteiger partial charge in [0.05, 0.1) is 12.6 Å². The molecule has 0 bridgehead atoms. The van der Waals surface area contributed by atoms with Crippen molar-refractivity contribution in [2.75, 3.05) is 46.7 Å². The van der Waals surface area contributed by atoms with Crippen LogP contribution in [-0.2, 0) is 9.53 Å². The first kappa shape index (κ1) is 20.6. The zero-order valence-corrected chi connectivity index (χ0v) is 16.7. The van der Waals surface area contributed by atoms with Crippen molar-refractivity contribution in [1.29, 1.82) is 0 Å². The highest BCUT2D eigenvalue weighted by Crippen LogP contribution is 2.32. The Hall–Kier alpha value is -1.73. The molecule has 1 atom stereocenters. The number of rotatable bonds is 10. The number of nitrogens with zero attached hydrogens (tertiary/aromatic N) is 2. The molecule has 26 heavy (non-hydrogen) atoms. The van der Waals surface area contributed by atoms with Crippen LogP contribution in [0, 0.1) is 5.92 Å². The number of guanidine groups is 1. The first-order chi connectivity index (χ1) is 12.6. The lowest BCUT2D eigenvalue weighted by molar-refractivity contribution is -0.127. The van der Waals surface area contributed by atoms with E-state index in [0.717, 1.165) is 12.3 Å². The minimum atomic E-state index is -0.0144. The Kier molecular flexibility index (Phi) is 8.77. The van der Waals surface area contributed by atoms with Crippen LogP contribution in [0.1, 0.15) is 12.8 Å². The van der Waals surface area contributed by atoms with Gasteiger partial charge in [-0.15, -0.1) is 11.8 Å². The number of ether oxygens (including phenoxy) is 1. The highest BCUT2D eigenvalue weighted by molar-refractivity contribution is 7.99. The monoisotopic (exact) mass is 378 g/mol. The van der Waals surface area contributed by atoms with Gasteiger partial charge in [-0.05, 0) is 30.9 Å². The Morgan fingerprint density at radius 2 is 2.08 bits per heavy atom. The fourth-order valence-electron chi connectivity index (χ4n) is 2.45. The van der Waals surface area contributed by atoms with Crippen LogP contribution >= 0.6 is 11.8 Å². The lowest BCUT2D eigenvalue weighted by Gasteiger charge is -2.21. The van der Waals surface area contributed by atoms with E-state index >= 15 is 0 Å². The molecule has 1 aliphatic carbocycles. The number of hydrogen-bond acceptors (Lipinski definition) is 4. The summed E-state index contributed by atoms with van der Waals surface area (Å²) in [5, 5.41) is 6.79. The first-order valence-corrected chi connectivity index (χ1v) is 10.0. The van der Waals surface area contributed by atoms with E-state index in [9.17, 15) is 4.79 Å². The largest absolute Gasteiger partial charge is 0.383 e. The molecule has 1 saturated carbocycles. The quantitative estimate of drug-likeness (QED) is 0.281. The average molecular weight is 379 g/mol. The third kappa shape index (κ3) is 7.66. The van der Waals surface area contributed by atoms with Crippen LogP contribution in [0.5, 0.6) is 0 Å². The third-order valence-electron chi connectivity index (χ3n) is 4.14. The van der Waals surface area contributed by atoms with E-state index in [-0.39, 0.29) is 18.5 Å². The maximum Gasteiger partial charge on any atom is 0.243 e. The highest BCUT2D eigenvalue weighted by atomic mass is 32.2. The zero-order valence-electron chi connectivity index (χ0n) is 15.9. The number of carbonyl (C=O) groups excluding carboxylic acids is 1. The molecular formula is C19H30N4O2S. The molecule has 0 radical (unpaired) electrons. The standard InChI is InChI=1S/C19H30N4O2S/c1-23(2)18(24)13-21-19(22-17(14-25-3)15-9-10-15)20-11-12-26-16-7-5-4-6-8-16/h4-8,15,17H,9-14H2,1-3H3,(H2,20,21,22). The molecule has 1 aromatic rings. The summed E-state index contributed by atoms with van der Waals surface area (Å²) in [6.07, 6.45) is 2.43. The first-order valence-electron chi connectivity index (χ1n) is 9.02. The van der Waals surface area contributed by atoms with Crippen LogP contribution < -0.4 is 10.6 Å². The molecule has 1 aromatic carbocycles. The molecule has 1 amide bonds. The van der Waals surface area contributed by atoms with Crippen molar-refractivity contribution in [2.45, 2.75) is 23.8 Å². The summed E-state index contributed by atoms with van der Waals surface area (Å²) in [5.74, 6) is 2.22. The number of aliphatic imine (C=N–C) groups is 1. The summed E-state index contributed by atoms with van der Waals surface area (Å²) in [6.45, 7) is 1.55. The number of likely N-dealkylation sites (N-methyl/N-ethyl adjacent to an activating group) is 1. The van der Waals surface area contributed by atoms with E-state index < -0.39 is 0 Å². The number of thioether (sulfide) groups is 1. The Bertz CT molecular complexity index is 576. The molecule has 0 aromatic heterocycles. The van der Waals surface area contributed by atoms with E-state index in [1.165, 1.54) is 17.7 Å². The maximum absolute atomic E-state index is 11.9. The predicted octanol–water partition coefficient (Wildman–Crippen LogP) is 1.83. The zero-order chi connectivity index (χ0) is 18.8. The van der Waals surface area contributed by atoms with E-state index in [1.807, 2.05) is 18.2 Å². The molecule has 0 spiro atoms. The Labute approximate surface area is 160 Å². The molecule has 6 nitrogen and oxygen atoms in total. The molecule has 1 fully saturated rings. The van der Waals surface area contributed by atoms with Gasteiger partial charge in [-0.25, -0.2) is 4.99 Å². The second kappa shape index (κ2) is 11.1. The van der Waals surface area contributed by atoms with Gasteiger partial charge < -0.3 is 20.3 Å². The summed E-state index contributed by atoms with van der Waals surface area (Å²) >= 11 is 1.79. The molecule has 144 valence electrons. The number of carbonyl (C=O) groups is 1. The van der Waals surface area contributed by atoms with E-state index in [1.54, 1.807) is 37.9 Å². The van der Waals surface area contributed by atoms with Crippen LogP contribution in [0.15, 0.2) is 40.2 Å². The molecule has 1 unspecified atom stereocenters. The van der Waals surface area contributed by atoms with Gasteiger partial charge in [0.15, 0.2) is 5.96 Å². The van der Waals surface area contributed by atoms with Crippen LogP contribution in [0.25, 0.3) is 0 Å². The third-order valence-corrected chi connectivity index (χ3v) is 5.15. The van der Waals surface area contributed by atoms with Crippen molar-refractivity contribution < 1.29 is 9.53 Å². The minimum Gasteiger partial charge on any atom is -0.383 e. The summed E-state index contributed by atoms with van der Waals surface area (Å²) in [6, 6.07) is 10.6. The average Bonchev–Trinajstić information content (AvgIpc) is 3.48. The summed E-state index contributed by atoms with van der Waals surface area (Å²) in [4.78, 5) is 19.1. The van der Waals surface area contributed by atoms with E-state index in [2.05, 4.69) is 27.8 Å². The van der Waals surface area contributed by atoms with Gasteiger partial charge in [0.1, 0.15) is 6.54 Å². The summed E-state index contributed by atoms with van der Waals surface area (Å²) in [5.41, 5.74) is 0. The van der Waals surface area contributed by atoms with Crippen molar-refractivity contribution in [2.24, 2.45) is 10.9 Å². The van der Waals surface area contributed by atoms with Gasteiger partial charge in [0, 0.05) is 38.4 Å². The maximum atomic E-state index is 11.9. The van der Waals surface area contributed by atoms with Crippen molar-refractivity contribution >= 4 is 23.6 Å². The fourth-order valence-corrected chi connectivity index (χ4v) is 3.23. The lowest BCUT2D eigenvalue weighted by Crippen LogP contribution is -2.47. The van der Waals surface area contributed by atoms with Gasteiger partial charge in [-0.2, -0.15) is 0 Å². The molecule has 2 N–H and O–H groups in total. The summed E-state index contributed by atoms with van der Waals surface area (Å²) in [7, 11) is 5.20. The molecule has 7 heteroatoms. The number of hydrogen-bond donors (Lipinski definition) is 2. The van der Waals surface area contributed by atoms with E-state index in [0.29, 0.717) is 18.5 Å². The van der Waals surface area contributed by atoms with Crippen LogP contribution in [-0.4, -0.2) is 69.5 Å². The van der Waals surface area contributed by atoms with Crippen molar-refractivity contribution in [3.8, 4) is 0 Å². The lowest BCUT2D eigenvalue weighted by atomic mass is 10.2. The fraction of sp³-hybridized carbons (Fsp3) is 0.579. The molecule has 0 heterocycles. The van der Waals surface area contributed by atoms with Gasteiger partial charge >= 0.3 is 0 Å². The Morgan fingerprint density at radius 1 is 1.35 bits per heavy atom. The smallest absolute Gasteiger partial charge is 0.243 e. The second-order valence-corrected chi connectivity index (χ2v) is 7.75. The molecular weight excluding hydrogens is 348 g/mol. The van der Waals surface area contributed by atoms with Crippen LogP contribution in [0.2, 0.25) is 0 Å². The molecule has 2 rings (SSSR count). The minimum absolute atomic E-state index is 0.0144. The molecule has 0 saturated heterocycles.